The summed E-state index contributed by atoms with van der Waals surface area (Å²) in [4.78, 5) is 33.7. The molecule has 1 unspecified atom stereocenters. The number of aromatic nitrogens is 2. The Hall–Kier alpha value is -2.47. The van der Waals surface area contributed by atoms with E-state index in [1.165, 1.54) is 5.57 Å². The number of imidazole rings is 1. The fraction of sp³-hybridized carbons (Fsp3) is 0.593. The first kappa shape index (κ1) is 23.7. The van der Waals surface area contributed by atoms with E-state index < -0.39 is 17.4 Å². The molecule has 1 fully saturated rings. The molecule has 4 rings (SSSR count). The highest BCUT2D eigenvalue weighted by Gasteiger charge is 2.47. The third-order valence-corrected chi connectivity index (χ3v) is 7.69. The SMILES string of the molecule is C/C1=C/C[C@@H](c2ccc3nc(C)[nH]c3c2)OC(=O)CCC2(C)C[C@@H](CCC1)[C@H](O)[C@@H](C)C2=O. The molecule has 2 N–H and O–H groups in total. The zero-order valence-corrected chi connectivity index (χ0v) is 20.2. The first-order valence-corrected chi connectivity index (χ1v) is 12.2. The second kappa shape index (κ2) is 9.41. The van der Waals surface area contributed by atoms with Gasteiger partial charge in [-0.3, -0.25) is 9.59 Å². The number of carbonyl (C=O) groups excluding carboxylic acids is 2. The number of ether oxygens (including phenoxy) is 1. The standard InChI is InChI=1S/C27H36N2O4/c1-16-6-5-7-20-15-27(4,26(32)17(2)25(20)31)13-12-24(30)33-23(11-8-16)19-9-10-21-22(14-19)29-18(3)28-21/h8-10,14,17,20,23,25,31H,5-7,11-13,15H2,1-4H3,(H,28,29)/b16-8-/t17-,20-,23+,25-,27?/m1/s1. The van der Waals surface area contributed by atoms with Gasteiger partial charge in [0.2, 0.25) is 0 Å². The monoisotopic (exact) mass is 452 g/mol. The Kier molecular flexibility index (Phi) is 6.76. The normalized spacial score (nSPS) is 33.8. The third kappa shape index (κ3) is 5.06. The number of aromatic amines is 1. The summed E-state index contributed by atoms with van der Waals surface area (Å²) in [6.45, 7) is 7.82. The number of aliphatic hydroxyl groups is 1. The highest BCUT2D eigenvalue weighted by Crippen LogP contribution is 2.44. The van der Waals surface area contributed by atoms with Crippen LogP contribution in [-0.2, 0) is 14.3 Å². The van der Waals surface area contributed by atoms with Gasteiger partial charge < -0.3 is 14.8 Å². The molecule has 0 amide bonds. The van der Waals surface area contributed by atoms with Crippen LogP contribution < -0.4 is 0 Å². The van der Waals surface area contributed by atoms with E-state index in [4.69, 9.17) is 4.74 Å². The topological polar surface area (TPSA) is 92.3 Å². The van der Waals surface area contributed by atoms with E-state index in [0.29, 0.717) is 19.3 Å². The van der Waals surface area contributed by atoms with Gasteiger partial charge in [0, 0.05) is 24.2 Å². The van der Waals surface area contributed by atoms with E-state index in [1.807, 2.05) is 39.0 Å². The number of aryl methyl sites for hydroxylation is 1. The van der Waals surface area contributed by atoms with Crippen LogP contribution in [0.15, 0.2) is 29.8 Å². The summed E-state index contributed by atoms with van der Waals surface area (Å²) in [5.74, 6) is 0.328. The summed E-state index contributed by atoms with van der Waals surface area (Å²) in [6.07, 6.45) is 5.88. The maximum atomic E-state index is 13.0. The van der Waals surface area contributed by atoms with Crippen molar-refractivity contribution in [3.8, 4) is 0 Å². The summed E-state index contributed by atoms with van der Waals surface area (Å²) >= 11 is 0. The largest absolute Gasteiger partial charge is 0.457 e. The minimum atomic E-state index is -0.598. The van der Waals surface area contributed by atoms with Crippen LogP contribution in [0, 0.1) is 24.2 Å². The van der Waals surface area contributed by atoms with Crippen molar-refractivity contribution in [3.05, 3.63) is 41.2 Å². The Balaban J connectivity index is 1.60. The predicted molar refractivity (Wildman–Crippen MR) is 128 cm³/mol. The molecule has 6 heteroatoms. The number of cyclic esters (lactones) is 1. The number of nitrogens with zero attached hydrogens (tertiary/aromatic N) is 1. The summed E-state index contributed by atoms with van der Waals surface area (Å²) in [7, 11) is 0. The molecule has 178 valence electrons. The Bertz CT molecular complexity index is 1070. The summed E-state index contributed by atoms with van der Waals surface area (Å²) in [6, 6.07) is 5.95. The highest BCUT2D eigenvalue weighted by molar-refractivity contribution is 5.88. The average molecular weight is 453 g/mol. The number of nitrogens with one attached hydrogen (secondary N) is 1. The Morgan fingerprint density at radius 1 is 1.21 bits per heavy atom. The smallest absolute Gasteiger partial charge is 0.306 e. The van der Waals surface area contributed by atoms with E-state index in [2.05, 4.69) is 23.0 Å². The molecule has 2 aromatic rings. The molecular weight excluding hydrogens is 416 g/mol. The van der Waals surface area contributed by atoms with Crippen molar-refractivity contribution >= 4 is 22.8 Å². The van der Waals surface area contributed by atoms with Gasteiger partial charge >= 0.3 is 5.97 Å². The van der Waals surface area contributed by atoms with E-state index in [9.17, 15) is 14.7 Å². The van der Waals surface area contributed by atoms with Crippen LogP contribution in [0.3, 0.4) is 0 Å². The van der Waals surface area contributed by atoms with Crippen LogP contribution in [0.5, 0.6) is 0 Å². The minimum absolute atomic E-state index is 0.0684. The molecule has 1 aliphatic heterocycles. The zero-order chi connectivity index (χ0) is 23.8. The van der Waals surface area contributed by atoms with Gasteiger partial charge in [0.25, 0.3) is 0 Å². The van der Waals surface area contributed by atoms with Crippen LogP contribution in [0.2, 0.25) is 0 Å². The summed E-state index contributed by atoms with van der Waals surface area (Å²) in [5, 5.41) is 10.7. The van der Waals surface area contributed by atoms with Gasteiger partial charge in [-0.25, -0.2) is 4.98 Å². The number of esters is 1. The van der Waals surface area contributed by atoms with Crippen molar-refractivity contribution in [2.45, 2.75) is 84.8 Å². The van der Waals surface area contributed by atoms with Crippen LogP contribution in [0.1, 0.15) is 83.2 Å². The molecule has 2 bridgehead atoms. The molecule has 1 aliphatic carbocycles. The third-order valence-electron chi connectivity index (χ3n) is 7.69. The lowest BCUT2D eigenvalue weighted by Gasteiger charge is -2.43. The number of carbonyl (C=O) groups is 2. The lowest BCUT2D eigenvalue weighted by atomic mass is 9.62. The number of H-pyrrole nitrogens is 1. The Morgan fingerprint density at radius 3 is 2.79 bits per heavy atom. The number of hydrogen-bond acceptors (Lipinski definition) is 5. The van der Waals surface area contributed by atoms with Crippen molar-refractivity contribution in [1.82, 2.24) is 9.97 Å². The molecule has 0 saturated heterocycles. The van der Waals surface area contributed by atoms with E-state index >= 15 is 0 Å². The van der Waals surface area contributed by atoms with Crippen molar-refractivity contribution in [2.24, 2.45) is 17.3 Å². The van der Waals surface area contributed by atoms with Gasteiger partial charge in [-0.2, -0.15) is 0 Å². The lowest BCUT2D eigenvalue weighted by molar-refractivity contribution is -0.152. The lowest BCUT2D eigenvalue weighted by Crippen LogP contribution is -2.48. The molecule has 1 aromatic heterocycles. The molecule has 6 nitrogen and oxygen atoms in total. The van der Waals surface area contributed by atoms with Gasteiger partial charge in [0.1, 0.15) is 17.7 Å². The average Bonchev–Trinajstić information content (AvgIpc) is 3.16. The summed E-state index contributed by atoms with van der Waals surface area (Å²) < 4.78 is 5.97. The summed E-state index contributed by atoms with van der Waals surface area (Å²) in [5.41, 5.74) is 3.42. The number of rotatable bonds is 1. The van der Waals surface area contributed by atoms with Gasteiger partial charge in [-0.15, -0.1) is 0 Å². The van der Waals surface area contributed by atoms with Gasteiger partial charge in [0.15, 0.2) is 0 Å². The number of hydrogen-bond donors (Lipinski definition) is 2. The molecular formula is C27H36N2O4. The predicted octanol–water partition coefficient (Wildman–Crippen LogP) is 5.35. The van der Waals surface area contributed by atoms with Crippen LogP contribution in [0.25, 0.3) is 11.0 Å². The molecule has 2 heterocycles. The van der Waals surface area contributed by atoms with Crippen LogP contribution >= 0.6 is 0 Å². The van der Waals surface area contributed by atoms with E-state index in [0.717, 1.165) is 41.7 Å². The highest BCUT2D eigenvalue weighted by atomic mass is 16.5. The second-order valence-corrected chi connectivity index (χ2v) is 10.4. The zero-order valence-electron chi connectivity index (χ0n) is 20.2. The van der Waals surface area contributed by atoms with Crippen molar-refractivity contribution < 1.29 is 19.4 Å². The fourth-order valence-electron chi connectivity index (χ4n) is 5.67. The van der Waals surface area contributed by atoms with E-state index in [-0.39, 0.29) is 30.2 Å². The fourth-order valence-corrected chi connectivity index (χ4v) is 5.67. The van der Waals surface area contributed by atoms with E-state index in [1.54, 1.807) is 0 Å². The number of aliphatic hydroxyl groups excluding tert-OH is 1. The van der Waals surface area contributed by atoms with Crippen LogP contribution in [-0.4, -0.2) is 32.9 Å². The van der Waals surface area contributed by atoms with Gasteiger partial charge in [-0.1, -0.05) is 31.6 Å². The number of Topliss-reactive ketones (excluding diaryl/α,β-unsaturated/α-hetero) is 1. The van der Waals surface area contributed by atoms with Gasteiger partial charge in [0.05, 0.1) is 17.1 Å². The number of fused-ring (bicyclic) bond motifs is 3. The molecule has 0 radical (unpaired) electrons. The molecule has 33 heavy (non-hydrogen) atoms. The second-order valence-electron chi connectivity index (χ2n) is 10.4. The minimum Gasteiger partial charge on any atom is -0.457 e. The Labute approximate surface area is 195 Å². The number of benzene rings is 1. The maximum Gasteiger partial charge on any atom is 0.306 e. The molecule has 0 spiro atoms. The molecule has 5 atom stereocenters. The first-order chi connectivity index (χ1) is 15.7. The number of ketones is 1. The Morgan fingerprint density at radius 2 is 2.00 bits per heavy atom. The van der Waals surface area contributed by atoms with Gasteiger partial charge in [-0.05, 0) is 69.6 Å². The molecule has 1 aromatic carbocycles. The van der Waals surface area contributed by atoms with Crippen molar-refractivity contribution in [3.63, 3.8) is 0 Å². The molecule has 2 aliphatic rings. The van der Waals surface area contributed by atoms with Crippen molar-refractivity contribution in [2.75, 3.05) is 0 Å². The molecule has 1 saturated carbocycles. The quantitative estimate of drug-likeness (QED) is 0.450. The van der Waals surface area contributed by atoms with Crippen molar-refractivity contribution in [1.29, 1.82) is 0 Å². The maximum absolute atomic E-state index is 13.0. The number of allylic oxidation sites excluding steroid dienone is 1. The van der Waals surface area contributed by atoms with Crippen LogP contribution in [0.4, 0.5) is 0 Å². The first-order valence-electron chi connectivity index (χ1n) is 12.2.